The molecule has 4 aromatic rings. The van der Waals surface area contributed by atoms with Gasteiger partial charge in [0, 0.05) is 22.4 Å². The first-order chi connectivity index (χ1) is 15.6. The molecule has 9 nitrogen and oxygen atoms in total. The van der Waals surface area contributed by atoms with Crippen LogP contribution in [0.25, 0.3) is 11.4 Å². The Kier molecular flexibility index (Phi) is 5.33. The van der Waals surface area contributed by atoms with Gasteiger partial charge in [0.2, 0.25) is 11.7 Å². The number of aromatic nitrogens is 4. The zero-order valence-electron chi connectivity index (χ0n) is 16.7. The topological polar surface area (TPSA) is 119 Å². The van der Waals surface area contributed by atoms with Crippen LogP contribution in [-0.2, 0) is 11.3 Å². The number of rotatable bonds is 6. The van der Waals surface area contributed by atoms with Gasteiger partial charge in [0.1, 0.15) is 6.54 Å². The van der Waals surface area contributed by atoms with Crippen molar-refractivity contribution in [3.8, 4) is 11.4 Å². The Bertz CT molecular complexity index is 1280. The van der Waals surface area contributed by atoms with E-state index in [1.54, 1.807) is 46.9 Å². The van der Waals surface area contributed by atoms with Crippen LogP contribution in [0.3, 0.4) is 0 Å². The van der Waals surface area contributed by atoms with Crippen molar-refractivity contribution in [1.82, 2.24) is 25.2 Å². The highest BCUT2D eigenvalue weighted by atomic mass is 32.1. The summed E-state index contributed by atoms with van der Waals surface area (Å²) in [5, 5.41) is 22.5. The summed E-state index contributed by atoms with van der Waals surface area (Å²) in [6.07, 6.45) is 0.662. The van der Waals surface area contributed by atoms with Gasteiger partial charge in [0.15, 0.2) is 0 Å². The van der Waals surface area contributed by atoms with E-state index in [1.165, 1.54) is 9.81 Å². The molecule has 0 fully saturated rings. The van der Waals surface area contributed by atoms with Gasteiger partial charge in [0.05, 0.1) is 16.6 Å². The van der Waals surface area contributed by atoms with Crippen molar-refractivity contribution in [3.05, 3.63) is 74.6 Å². The molecule has 11 heteroatoms. The number of nitrogens with two attached hydrogens (primary N) is 1. The summed E-state index contributed by atoms with van der Waals surface area (Å²) in [4.78, 5) is 27.8. The number of hydrogen-bond acceptors (Lipinski definition) is 8. The second kappa shape index (κ2) is 8.44. The van der Waals surface area contributed by atoms with Gasteiger partial charge >= 0.3 is 0 Å². The van der Waals surface area contributed by atoms with Gasteiger partial charge < -0.3 is 5.73 Å². The standard InChI is InChI=1S/C21H17N7O2S2/c22-20(30)13-5-7-14(8-6-13)21-23-26-27(25-21)12-19(29)28-16(18-4-2-10-32-18)11-15(24-28)17-3-1-9-31-17/h1-10,16H,11-12H2,(H2,22,30). The molecule has 4 heterocycles. The molecule has 1 aliphatic rings. The van der Waals surface area contributed by atoms with Crippen molar-refractivity contribution in [2.24, 2.45) is 10.8 Å². The Labute approximate surface area is 190 Å². The fraction of sp³-hybridized carbons (Fsp3) is 0.143. The third-order valence-corrected chi connectivity index (χ3v) is 6.89. The number of tetrazole rings is 1. The Balaban J connectivity index is 1.36. The number of benzene rings is 1. The van der Waals surface area contributed by atoms with E-state index >= 15 is 0 Å². The summed E-state index contributed by atoms with van der Waals surface area (Å²) >= 11 is 3.21. The van der Waals surface area contributed by atoms with Crippen molar-refractivity contribution in [2.75, 3.05) is 0 Å². The molecule has 3 aromatic heterocycles. The maximum atomic E-state index is 13.1. The lowest BCUT2D eigenvalue weighted by molar-refractivity contribution is -0.134. The molecule has 0 spiro atoms. The van der Waals surface area contributed by atoms with E-state index < -0.39 is 5.91 Å². The van der Waals surface area contributed by atoms with Crippen molar-refractivity contribution in [2.45, 2.75) is 19.0 Å². The van der Waals surface area contributed by atoms with Crippen LogP contribution in [0.15, 0.2) is 64.4 Å². The quantitative estimate of drug-likeness (QED) is 0.471. The molecule has 32 heavy (non-hydrogen) atoms. The minimum absolute atomic E-state index is 0.0878. The molecule has 0 saturated carbocycles. The molecule has 0 radical (unpaired) electrons. The fourth-order valence-electron chi connectivity index (χ4n) is 3.44. The third-order valence-electron chi connectivity index (χ3n) is 5.00. The number of primary amides is 1. The molecular formula is C21H17N7O2S2. The fourth-order valence-corrected chi connectivity index (χ4v) is 4.97. The normalized spacial score (nSPS) is 15.7. The highest BCUT2D eigenvalue weighted by molar-refractivity contribution is 7.12. The van der Waals surface area contributed by atoms with Gasteiger partial charge in [-0.15, -0.1) is 32.9 Å². The molecule has 1 atom stereocenters. The minimum atomic E-state index is -0.507. The van der Waals surface area contributed by atoms with E-state index in [9.17, 15) is 9.59 Å². The Morgan fingerprint density at radius 3 is 2.53 bits per heavy atom. The average Bonchev–Trinajstić information content (AvgIpc) is 3.60. The molecule has 1 unspecified atom stereocenters. The first-order valence-corrected chi connectivity index (χ1v) is 11.5. The smallest absolute Gasteiger partial charge is 0.266 e. The zero-order chi connectivity index (χ0) is 22.1. The number of hydrogen-bond donors (Lipinski definition) is 1. The van der Waals surface area contributed by atoms with Crippen LogP contribution >= 0.6 is 22.7 Å². The number of thiophene rings is 2. The van der Waals surface area contributed by atoms with Gasteiger partial charge in [0.25, 0.3) is 5.91 Å². The molecule has 5 rings (SSSR count). The first-order valence-electron chi connectivity index (χ1n) is 9.73. The summed E-state index contributed by atoms with van der Waals surface area (Å²) in [5.41, 5.74) is 7.23. The van der Waals surface area contributed by atoms with Crippen molar-refractivity contribution < 1.29 is 9.59 Å². The molecule has 2 amide bonds. The monoisotopic (exact) mass is 463 g/mol. The lowest BCUT2D eigenvalue weighted by atomic mass is 10.1. The summed E-state index contributed by atoms with van der Waals surface area (Å²) < 4.78 is 0. The molecule has 0 saturated heterocycles. The van der Waals surface area contributed by atoms with Crippen molar-refractivity contribution in [3.63, 3.8) is 0 Å². The Morgan fingerprint density at radius 1 is 1.06 bits per heavy atom. The van der Waals surface area contributed by atoms with Gasteiger partial charge in [-0.1, -0.05) is 24.3 Å². The maximum Gasteiger partial charge on any atom is 0.266 e. The molecule has 2 N–H and O–H groups in total. The third kappa shape index (κ3) is 3.95. The van der Waals surface area contributed by atoms with Gasteiger partial charge in [-0.2, -0.15) is 9.90 Å². The number of carbonyl (C=O) groups excluding carboxylic acids is 2. The van der Waals surface area contributed by atoms with Crippen LogP contribution in [0, 0.1) is 0 Å². The highest BCUT2D eigenvalue weighted by Gasteiger charge is 2.34. The van der Waals surface area contributed by atoms with Crippen LogP contribution in [0.1, 0.15) is 32.6 Å². The van der Waals surface area contributed by atoms with Crippen molar-refractivity contribution in [1.29, 1.82) is 0 Å². The number of carbonyl (C=O) groups is 2. The molecule has 1 aromatic carbocycles. The summed E-state index contributed by atoms with van der Waals surface area (Å²) in [5.74, 6) is -0.372. The van der Waals surface area contributed by atoms with E-state index in [1.807, 2.05) is 35.0 Å². The van der Waals surface area contributed by atoms with Crippen LogP contribution < -0.4 is 5.73 Å². The first kappa shape index (κ1) is 20.2. The molecular weight excluding hydrogens is 446 g/mol. The summed E-state index contributed by atoms with van der Waals surface area (Å²) in [6, 6.07) is 14.4. The SMILES string of the molecule is NC(=O)c1ccc(-c2nnn(CC(=O)N3N=C(c4cccs4)CC3c3cccs3)n2)cc1. The molecule has 0 aliphatic carbocycles. The zero-order valence-corrected chi connectivity index (χ0v) is 18.3. The number of hydrazone groups is 1. The van der Waals surface area contributed by atoms with E-state index in [-0.39, 0.29) is 18.5 Å². The Hall–Kier alpha value is -3.70. The molecule has 0 bridgehead atoms. The van der Waals surface area contributed by atoms with Gasteiger partial charge in [-0.25, -0.2) is 5.01 Å². The highest BCUT2D eigenvalue weighted by Crippen LogP contribution is 2.36. The number of amides is 2. The van der Waals surface area contributed by atoms with Crippen LogP contribution in [0.4, 0.5) is 0 Å². The van der Waals surface area contributed by atoms with E-state index in [2.05, 4.69) is 20.5 Å². The summed E-state index contributed by atoms with van der Waals surface area (Å²) in [6.45, 7) is -0.0878. The second-order valence-electron chi connectivity index (χ2n) is 7.08. The Morgan fingerprint density at radius 2 is 1.84 bits per heavy atom. The maximum absolute atomic E-state index is 13.1. The lowest BCUT2D eigenvalue weighted by Crippen LogP contribution is -2.30. The van der Waals surface area contributed by atoms with Crippen LogP contribution in [0.5, 0.6) is 0 Å². The van der Waals surface area contributed by atoms with E-state index in [0.717, 1.165) is 15.5 Å². The predicted octanol–water partition coefficient (Wildman–Crippen LogP) is 2.94. The van der Waals surface area contributed by atoms with Crippen LogP contribution in [0.2, 0.25) is 0 Å². The predicted molar refractivity (Wildman–Crippen MR) is 121 cm³/mol. The van der Waals surface area contributed by atoms with Crippen LogP contribution in [-0.4, -0.2) is 42.7 Å². The van der Waals surface area contributed by atoms with Crippen molar-refractivity contribution >= 4 is 40.2 Å². The van der Waals surface area contributed by atoms with Gasteiger partial charge in [-0.3, -0.25) is 9.59 Å². The molecule has 160 valence electrons. The second-order valence-corrected chi connectivity index (χ2v) is 9.01. The van der Waals surface area contributed by atoms with E-state index in [4.69, 9.17) is 5.73 Å². The average molecular weight is 464 g/mol. The van der Waals surface area contributed by atoms with E-state index in [0.29, 0.717) is 23.4 Å². The molecule has 1 aliphatic heterocycles. The number of nitrogens with zero attached hydrogens (tertiary/aromatic N) is 6. The largest absolute Gasteiger partial charge is 0.366 e. The minimum Gasteiger partial charge on any atom is -0.366 e. The van der Waals surface area contributed by atoms with Gasteiger partial charge in [-0.05, 0) is 40.2 Å². The lowest BCUT2D eigenvalue weighted by Gasteiger charge is -2.20. The summed E-state index contributed by atoms with van der Waals surface area (Å²) in [7, 11) is 0.